The second kappa shape index (κ2) is 7.49. The van der Waals surface area contributed by atoms with Crippen molar-refractivity contribution in [2.75, 3.05) is 33.3 Å². The zero-order valence-corrected chi connectivity index (χ0v) is 14.2. The number of methoxy groups -OCH3 is 1. The van der Waals surface area contributed by atoms with Gasteiger partial charge in [0.05, 0.1) is 19.2 Å². The molecule has 24 heavy (non-hydrogen) atoms. The fourth-order valence-electron chi connectivity index (χ4n) is 2.95. The Morgan fingerprint density at radius 1 is 1.25 bits per heavy atom. The van der Waals surface area contributed by atoms with Crippen molar-refractivity contribution >= 4 is 5.91 Å². The predicted molar refractivity (Wildman–Crippen MR) is 89.8 cm³/mol. The molecule has 1 saturated heterocycles. The SMILES string of the molecule is COc1cccc(CC(=O)N2CCN(Cc3cc(C)on3)CC2)c1. The molecule has 0 unspecified atom stereocenters. The molecule has 6 nitrogen and oxygen atoms in total. The third-order valence-electron chi connectivity index (χ3n) is 4.28. The number of nitrogens with zero attached hydrogens (tertiary/aromatic N) is 3. The van der Waals surface area contributed by atoms with E-state index in [9.17, 15) is 4.79 Å². The standard InChI is InChI=1S/C18H23N3O3/c1-14-10-16(19-24-14)13-20-6-8-21(9-7-20)18(22)12-15-4-3-5-17(11-15)23-2/h3-5,10-11H,6-9,12-13H2,1-2H3. The van der Waals surface area contributed by atoms with E-state index in [1.165, 1.54) is 0 Å². The number of hydrogen-bond donors (Lipinski definition) is 0. The number of carbonyl (C=O) groups excluding carboxylic acids is 1. The number of piperazine rings is 1. The molecule has 0 radical (unpaired) electrons. The van der Waals surface area contributed by atoms with E-state index in [2.05, 4.69) is 10.1 Å². The van der Waals surface area contributed by atoms with E-state index < -0.39 is 0 Å². The zero-order valence-electron chi connectivity index (χ0n) is 14.2. The summed E-state index contributed by atoms with van der Waals surface area (Å²) in [7, 11) is 1.64. The Kier molecular flexibility index (Phi) is 5.15. The number of carbonyl (C=O) groups is 1. The lowest BCUT2D eigenvalue weighted by molar-refractivity contribution is -0.132. The van der Waals surface area contributed by atoms with E-state index in [-0.39, 0.29) is 5.91 Å². The van der Waals surface area contributed by atoms with Gasteiger partial charge in [0.2, 0.25) is 5.91 Å². The van der Waals surface area contributed by atoms with Crippen LogP contribution in [0.15, 0.2) is 34.9 Å². The molecule has 3 rings (SSSR count). The van der Waals surface area contributed by atoms with Crippen molar-refractivity contribution in [2.45, 2.75) is 19.9 Å². The smallest absolute Gasteiger partial charge is 0.227 e. The molecule has 0 N–H and O–H groups in total. The van der Waals surface area contributed by atoms with E-state index in [0.29, 0.717) is 6.42 Å². The third-order valence-corrected chi connectivity index (χ3v) is 4.28. The molecule has 2 aromatic rings. The van der Waals surface area contributed by atoms with E-state index in [1.807, 2.05) is 42.2 Å². The van der Waals surface area contributed by atoms with Crippen LogP contribution in [-0.2, 0) is 17.8 Å². The molecule has 0 aliphatic carbocycles. The summed E-state index contributed by atoms with van der Waals surface area (Å²) in [6.45, 7) is 5.88. The number of amides is 1. The molecule has 1 aliphatic heterocycles. The number of aromatic nitrogens is 1. The third kappa shape index (κ3) is 4.14. The summed E-state index contributed by atoms with van der Waals surface area (Å²) in [5.74, 6) is 1.78. The predicted octanol–water partition coefficient (Wildman–Crippen LogP) is 1.88. The quantitative estimate of drug-likeness (QED) is 0.838. The Morgan fingerprint density at radius 2 is 2.04 bits per heavy atom. The van der Waals surface area contributed by atoms with Gasteiger partial charge in [-0.05, 0) is 24.6 Å². The van der Waals surface area contributed by atoms with Gasteiger partial charge in [-0.3, -0.25) is 9.69 Å². The summed E-state index contributed by atoms with van der Waals surface area (Å²) in [6, 6.07) is 9.64. The Balaban J connectivity index is 1.49. The van der Waals surface area contributed by atoms with Crippen molar-refractivity contribution in [3.8, 4) is 5.75 Å². The first-order valence-electron chi connectivity index (χ1n) is 8.19. The molecule has 0 saturated carbocycles. The molecule has 0 atom stereocenters. The highest BCUT2D eigenvalue weighted by atomic mass is 16.5. The van der Waals surface area contributed by atoms with Gasteiger partial charge in [0.1, 0.15) is 11.5 Å². The molecule has 6 heteroatoms. The maximum absolute atomic E-state index is 12.5. The van der Waals surface area contributed by atoms with E-state index in [4.69, 9.17) is 9.26 Å². The molecule has 1 aliphatic rings. The number of hydrogen-bond acceptors (Lipinski definition) is 5. The lowest BCUT2D eigenvalue weighted by atomic mass is 10.1. The Hall–Kier alpha value is -2.34. The van der Waals surface area contributed by atoms with Gasteiger partial charge in [-0.1, -0.05) is 17.3 Å². The average Bonchev–Trinajstić information content (AvgIpc) is 3.00. The van der Waals surface area contributed by atoms with Crippen molar-refractivity contribution < 1.29 is 14.1 Å². The lowest BCUT2D eigenvalue weighted by Gasteiger charge is -2.34. The van der Waals surface area contributed by atoms with Crippen molar-refractivity contribution in [1.82, 2.24) is 15.0 Å². The first-order chi connectivity index (χ1) is 11.6. The highest BCUT2D eigenvalue weighted by Gasteiger charge is 2.22. The Bertz CT molecular complexity index is 690. The summed E-state index contributed by atoms with van der Waals surface area (Å²) >= 11 is 0. The minimum Gasteiger partial charge on any atom is -0.497 e. The summed E-state index contributed by atoms with van der Waals surface area (Å²) in [5.41, 5.74) is 1.93. The van der Waals surface area contributed by atoms with Crippen LogP contribution in [0, 0.1) is 6.92 Å². The molecule has 128 valence electrons. The molecule has 0 bridgehead atoms. The first-order valence-corrected chi connectivity index (χ1v) is 8.19. The van der Waals surface area contributed by atoms with Crippen molar-refractivity contribution in [2.24, 2.45) is 0 Å². The topological polar surface area (TPSA) is 58.8 Å². The Labute approximate surface area is 142 Å². The minimum atomic E-state index is 0.167. The van der Waals surface area contributed by atoms with Crippen LogP contribution in [0.1, 0.15) is 17.0 Å². The minimum absolute atomic E-state index is 0.167. The van der Waals surface area contributed by atoms with Crippen LogP contribution < -0.4 is 4.74 Å². The maximum Gasteiger partial charge on any atom is 0.227 e. The summed E-state index contributed by atoms with van der Waals surface area (Å²) in [5, 5.41) is 4.03. The largest absolute Gasteiger partial charge is 0.497 e. The maximum atomic E-state index is 12.5. The van der Waals surface area contributed by atoms with Crippen LogP contribution in [0.25, 0.3) is 0 Å². The average molecular weight is 329 g/mol. The summed E-state index contributed by atoms with van der Waals surface area (Å²) < 4.78 is 10.3. The van der Waals surface area contributed by atoms with Crippen LogP contribution in [0.5, 0.6) is 5.75 Å². The van der Waals surface area contributed by atoms with Crippen LogP contribution in [0.4, 0.5) is 0 Å². The first kappa shape index (κ1) is 16.5. The highest BCUT2D eigenvalue weighted by Crippen LogP contribution is 2.15. The van der Waals surface area contributed by atoms with E-state index in [0.717, 1.165) is 55.5 Å². The lowest BCUT2D eigenvalue weighted by Crippen LogP contribution is -2.48. The number of aryl methyl sites for hydroxylation is 1. The molecule has 1 fully saturated rings. The van der Waals surface area contributed by atoms with Gasteiger partial charge in [0.25, 0.3) is 0 Å². The molecular formula is C18H23N3O3. The van der Waals surface area contributed by atoms with Crippen molar-refractivity contribution in [3.63, 3.8) is 0 Å². The fourth-order valence-corrected chi connectivity index (χ4v) is 2.95. The molecule has 1 amide bonds. The van der Waals surface area contributed by atoms with Gasteiger partial charge in [-0.25, -0.2) is 0 Å². The van der Waals surface area contributed by atoms with Gasteiger partial charge in [0, 0.05) is 38.8 Å². The van der Waals surface area contributed by atoms with Crippen LogP contribution in [0.2, 0.25) is 0 Å². The number of benzene rings is 1. The van der Waals surface area contributed by atoms with Crippen molar-refractivity contribution in [3.05, 3.63) is 47.3 Å². The molecule has 2 heterocycles. The summed E-state index contributed by atoms with van der Waals surface area (Å²) in [6.07, 6.45) is 0.416. The second-order valence-corrected chi connectivity index (χ2v) is 6.11. The van der Waals surface area contributed by atoms with Crippen molar-refractivity contribution in [1.29, 1.82) is 0 Å². The fraction of sp³-hybridized carbons (Fsp3) is 0.444. The zero-order chi connectivity index (χ0) is 16.9. The second-order valence-electron chi connectivity index (χ2n) is 6.11. The molecule has 1 aromatic heterocycles. The number of rotatable bonds is 5. The molecule has 1 aromatic carbocycles. The van der Waals surface area contributed by atoms with Gasteiger partial charge in [-0.15, -0.1) is 0 Å². The summed E-state index contributed by atoms with van der Waals surface area (Å²) in [4.78, 5) is 16.7. The highest BCUT2D eigenvalue weighted by molar-refractivity contribution is 5.79. The number of ether oxygens (including phenoxy) is 1. The van der Waals surface area contributed by atoms with Gasteiger partial charge in [0.15, 0.2) is 0 Å². The van der Waals surface area contributed by atoms with E-state index in [1.54, 1.807) is 7.11 Å². The monoisotopic (exact) mass is 329 g/mol. The van der Waals surface area contributed by atoms with Crippen LogP contribution in [-0.4, -0.2) is 54.2 Å². The van der Waals surface area contributed by atoms with Crippen LogP contribution >= 0.6 is 0 Å². The Morgan fingerprint density at radius 3 is 2.71 bits per heavy atom. The molecule has 0 spiro atoms. The van der Waals surface area contributed by atoms with E-state index >= 15 is 0 Å². The normalized spacial score (nSPS) is 15.5. The van der Waals surface area contributed by atoms with Gasteiger partial charge in [-0.2, -0.15) is 0 Å². The van der Waals surface area contributed by atoms with Gasteiger partial charge < -0.3 is 14.2 Å². The van der Waals surface area contributed by atoms with Gasteiger partial charge >= 0.3 is 0 Å². The van der Waals surface area contributed by atoms with Crippen LogP contribution in [0.3, 0.4) is 0 Å². The molecular weight excluding hydrogens is 306 g/mol.